The fourth-order valence-corrected chi connectivity index (χ4v) is 3.18. The molecule has 0 bridgehead atoms. The molecule has 0 rings (SSSR count). The van der Waals surface area contributed by atoms with Crippen LogP contribution in [0.15, 0.2) is 0 Å². The first-order valence-corrected chi connectivity index (χ1v) is 8.69. The van der Waals surface area contributed by atoms with Crippen LogP contribution in [0.25, 0.3) is 0 Å². The van der Waals surface area contributed by atoms with Crippen LogP contribution < -0.4 is 10.6 Å². The van der Waals surface area contributed by atoms with E-state index in [-0.39, 0.29) is 0 Å². The van der Waals surface area contributed by atoms with Gasteiger partial charge in [0.2, 0.25) is 0 Å². The lowest BCUT2D eigenvalue weighted by Gasteiger charge is -2.15. The summed E-state index contributed by atoms with van der Waals surface area (Å²) in [5.74, 6) is 0. The Labute approximate surface area is 108 Å². The van der Waals surface area contributed by atoms with Gasteiger partial charge in [0.15, 0.2) is 0 Å². The SMILES string of the molecule is CCO[SiH](CNCCCCCCNC)OCC. The largest absolute Gasteiger partial charge is 0.396 e. The van der Waals surface area contributed by atoms with Crippen molar-refractivity contribution in [1.82, 2.24) is 10.6 Å². The molecule has 0 unspecified atom stereocenters. The van der Waals surface area contributed by atoms with Crippen molar-refractivity contribution in [2.75, 3.05) is 39.5 Å². The van der Waals surface area contributed by atoms with Crippen molar-refractivity contribution in [1.29, 1.82) is 0 Å². The molecule has 17 heavy (non-hydrogen) atoms. The average Bonchev–Trinajstić information content (AvgIpc) is 2.33. The molecule has 4 nitrogen and oxygen atoms in total. The van der Waals surface area contributed by atoms with Gasteiger partial charge in [0.05, 0.1) is 0 Å². The minimum absolute atomic E-state index is 0.766. The molecular weight excluding hydrogens is 232 g/mol. The number of hydrogen-bond donors (Lipinski definition) is 2. The van der Waals surface area contributed by atoms with Gasteiger partial charge in [-0.05, 0) is 46.8 Å². The minimum atomic E-state index is -1.42. The monoisotopic (exact) mass is 262 g/mol. The van der Waals surface area contributed by atoms with E-state index in [4.69, 9.17) is 8.85 Å². The van der Waals surface area contributed by atoms with Crippen LogP contribution in [0.1, 0.15) is 39.5 Å². The highest BCUT2D eigenvalue weighted by Crippen LogP contribution is 1.97. The van der Waals surface area contributed by atoms with Gasteiger partial charge < -0.3 is 19.5 Å². The lowest BCUT2D eigenvalue weighted by atomic mass is 10.2. The third-order valence-electron chi connectivity index (χ3n) is 2.55. The smallest absolute Gasteiger partial charge is 0.335 e. The Morgan fingerprint density at radius 2 is 1.47 bits per heavy atom. The maximum absolute atomic E-state index is 5.59. The Bertz CT molecular complexity index is 144. The van der Waals surface area contributed by atoms with Gasteiger partial charge in [-0.15, -0.1) is 0 Å². The van der Waals surface area contributed by atoms with Gasteiger partial charge >= 0.3 is 9.28 Å². The van der Waals surface area contributed by atoms with Gasteiger partial charge in [-0.25, -0.2) is 0 Å². The van der Waals surface area contributed by atoms with E-state index in [0.29, 0.717) is 0 Å². The van der Waals surface area contributed by atoms with Crippen molar-refractivity contribution in [3.63, 3.8) is 0 Å². The van der Waals surface area contributed by atoms with Gasteiger partial charge in [-0.3, -0.25) is 0 Å². The van der Waals surface area contributed by atoms with Crippen LogP contribution in [0.2, 0.25) is 0 Å². The van der Waals surface area contributed by atoms with Gasteiger partial charge in [0.1, 0.15) is 0 Å². The van der Waals surface area contributed by atoms with Gasteiger partial charge in [-0.1, -0.05) is 12.8 Å². The molecule has 0 fully saturated rings. The van der Waals surface area contributed by atoms with Crippen LogP contribution in [-0.2, 0) is 8.85 Å². The fraction of sp³-hybridized carbons (Fsp3) is 1.00. The molecular formula is C12H30N2O2Si. The third kappa shape index (κ3) is 12.3. The maximum Gasteiger partial charge on any atom is 0.335 e. The molecule has 0 atom stereocenters. The Hall–Kier alpha value is 0.0569. The summed E-state index contributed by atoms with van der Waals surface area (Å²) >= 11 is 0. The van der Waals surface area contributed by atoms with Crippen molar-refractivity contribution in [2.45, 2.75) is 39.5 Å². The summed E-state index contributed by atoms with van der Waals surface area (Å²) in [5.41, 5.74) is 0. The van der Waals surface area contributed by atoms with E-state index in [9.17, 15) is 0 Å². The summed E-state index contributed by atoms with van der Waals surface area (Å²) in [6.07, 6.45) is 6.09. The van der Waals surface area contributed by atoms with Crippen molar-refractivity contribution in [3.8, 4) is 0 Å². The Kier molecular flexibility index (Phi) is 14.2. The second-order valence-corrected chi connectivity index (χ2v) is 6.00. The van der Waals surface area contributed by atoms with E-state index < -0.39 is 9.28 Å². The quantitative estimate of drug-likeness (QED) is 0.386. The van der Waals surface area contributed by atoms with Gasteiger partial charge in [0, 0.05) is 19.4 Å². The summed E-state index contributed by atoms with van der Waals surface area (Å²) in [6, 6.07) is 0. The van der Waals surface area contributed by atoms with E-state index in [1.54, 1.807) is 0 Å². The van der Waals surface area contributed by atoms with Crippen LogP contribution in [0, 0.1) is 0 Å². The number of nitrogens with one attached hydrogen (secondary N) is 2. The van der Waals surface area contributed by atoms with E-state index in [0.717, 1.165) is 32.5 Å². The highest BCUT2D eigenvalue weighted by atomic mass is 28.3. The summed E-state index contributed by atoms with van der Waals surface area (Å²) < 4.78 is 11.2. The lowest BCUT2D eigenvalue weighted by molar-refractivity contribution is 0.212. The van der Waals surface area contributed by atoms with Gasteiger partial charge in [-0.2, -0.15) is 0 Å². The summed E-state index contributed by atoms with van der Waals surface area (Å²) in [4.78, 5) is 0. The zero-order valence-corrected chi connectivity index (χ0v) is 12.9. The molecule has 0 heterocycles. The fourth-order valence-electron chi connectivity index (χ4n) is 1.66. The zero-order chi connectivity index (χ0) is 12.8. The van der Waals surface area contributed by atoms with Crippen molar-refractivity contribution in [3.05, 3.63) is 0 Å². The molecule has 0 aliphatic rings. The highest BCUT2D eigenvalue weighted by molar-refractivity contribution is 6.44. The van der Waals surface area contributed by atoms with E-state index >= 15 is 0 Å². The molecule has 0 aliphatic heterocycles. The van der Waals surface area contributed by atoms with E-state index in [2.05, 4.69) is 10.6 Å². The van der Waals surface area contributed by atoms with Crippen LogP contribution in [0.4, 0.5) is 0 Å². The highest BCUT2D eigenvalue weighted by Gasteiger charge is 2.10. The Balaban J connectivity index is 3.23. The molecule has 0 saturated heterocycles. The van der Waals surface area contributed by atoms with Gasteiger partial charge in [0.25, 0.3) is 0 Å². The predicted molar refractivity (Wildman–Crippen MR) is 75.7 cm³/mol. The van der Waals surface area contributed by atoms with Crippen LogP contribution in [0.5, 0.6) is 0 Å². The molecule has 0 saturated carbocycles. The second kappa shape index (κ2) is 14.1. The van der Waals surface area contributed by atoms with Crippen molar-refractivity contribution < 1.29 is 8.85 Å². The normalized spacial score (nSPS) is 11.3. The van der Waals surface area contributed by atoms with Crippen molar-refractivity contribution in [2.24, 2.45) is 0 Å². The molecule has 0 aromatic rings. The van der Waals surface area contributed by atoms with Crippen LogP contribution in [0.3, 0.4) is 0 Å². The first-order chi connectivity index (χ1) is 8.35. The van der Waals surface area contributed by atoms with Crippen LogP contribution in [-0.4, -0.2) is 48.8 Å². The molecule has 0 spiro atoms. The molecule has 0 aromatic carbocycles. The van der Waals surface area contributed by atoms with E-state index in [1.165, 1.54) is 25.7 Å². The first-order valence-electron chi connectivity index (χ1n) is 6.93. The minimum Gasteiger partial charge on any atom is -0.396 e. The molecule has 0 radical (unpaired) electrons. The Morgan fingerprint density at radius 3 is 2.00 bits per heavy atom. The van der Waals surface area contributed by atoms with E-state index in [1.807, 2.05) is 20.9 Å². The third-order valence-corrected chi connectivity index (χ3v) is 4.58. The summed E-state index contributed by atoms with van der Waals surface area (Å²) in [6.45, 7) is 7.81. The molecule has 2 N–H and O–H groups in total. The molecule has 5 heteroatoms. The standard InChI is InChI=1S/C12H30N2O2Si/c1-4-15-17(16-5-2)12-14-11-9-7-6-8-10-13-3/h13-14,17H,4-12H2,1-3H3. The molecule has 104 valence electrons. The zero-order valence-electron chi connectivity index (χ0n) is 11.8. The maximum atomic E-state index is 5.59. The van der Waals surface area contributed by atoms with Crippen LogP contribution >= 0.6 is 0 Å². The van der Waals surface area contributed by atoms with Crippen molar-refractivity contribution >= 4 is 9.28 Å². The molecule has 0 amide bonds. The second-order valence-electron chi connectivity index (χ2n) is 4.06. The predicted octanol–water partition coefficient (Wildman–Crippen LogP) is 1.19. The Morgan fingerprint density at radius 1 is 0.882 bits per heavy atom. The summed E-state index contributed by atoms with van der Waals surface area (Å²) in [5, 5.41) is 6.61. The number of rotatable bonds is 13. The summed E-state index contributed by atoms with van der Waals surface area (Å²) in [7, 11) is 0.583. The topological polar surface area (TPSA) is 42.5 Å². The first kappa shape index (κ1) is 17.1. The lowest BCUT2D eigenvalue weighted by Crippen LogP contribution is -2.36. The molecule has 0 aliphatic carbocycles. The molecule has 0 aromatic heterocycles. The number of unbranched alkanes of at least 4 members (excludes halogenated alkanes) is 3. The number of hydrogen-bond acceptors (Lipinski definition) is 4. The average molecular weight is 262 g/mol.